The van der Waals surface area contributed by atoms with Gasteiger partial charge in [-0.1, -0.05) is 12.1 Å². The molecular formula is C15H25FIN3O2S. The van der Waals surface area contributed by atoms with E-state index >= 15 is 0 Å². The monoisotopic (exact) mass is 457 g/mol. The van der Waals surface area contributed by atoms with Crippen molar-refractivity contribution in [1.82, 2.24) is 10.6 Å². The minimum atomic E-state index is -2.95. The van der Waals surface area contributed by atoms with Gasteiger partial charge in [0.1, 0.15) is 15.7 Å². The second-order valence-corrected chi connectivity index (χ2v) is 7.62. The van der Waals surface area contributed by atoms with Crippen molar-refractivity contribution in [2.75, 3.05) is 25.6 Å². The molecule has 5 nitrogen and oxygen atoms in total. The summed E-state index contributed by atoms with van der Waals surface area (Å²) in [6.45, 7) is 4.13. The number of aliphatic imine (C=N–C) groups is 1. The first-order valence-corrected chi connectivity index (χ1v) is 9.20. The fraction of sp³-hybridized carbons (Fsp3) is 0.533. The van der Waals surface area contributed by atoms with E-state index in [0.29, 0.717) is 24.5 Å². The number of nitrogens with zero attached hydrogens (tertiary/aromatic N) is 1. The Bertz CT molecular complexity index is 636. The Morgan fingerprint density at radius 3 is 2.57 bits per heavy atom. The molecule has 1 rings (SSSR count). The topological polar surface area (TPSA) is 70.6 Å². The summed E-state index contributed by atoms with van der Waals surface area (Å²) in [6, 6.07) is 5.00. The normalized spacial score (nSPS) is 13.2. The third-order valence-electron chi connectivity index (χ3n) is 3.26. The van der Waals surface area contributed by atoms with Gasteiger partial charge in [0.2, 0.25) is 0 Å². The summed E-state index contributed by atoms with van der Waals surface area (Å²) in [6.07, 6.45) is 1.72. The zero-order valence-electron chi connectivity index (χ0n) is 13.9. The molecule has 23 heavy (non-hydrogen) atoms. The van der Waals surface area contributed by atoms with Crippen molar-refractivity contribution < 1.29 is 12.8 Å². The van der Waals surface area contributed by atoms with Crippen molar-refractivity contribution in [3.8, 4) is 0 Å². The molecule has 0 saturated carbocycles. The molecule has 0 spiro atoms. The Morgan fingerprint density at radius 1 is 1.39 bits per heavy atom. The highest BCUT2D eigenvalue weighted by Crippen LogP contribution is 2.16. The Hall–Kier alpha value is -0.900. The molecule has 1 unspecified atom stereocenters. The standard InChI is InChI=1S/C15H24FN3O2S.HI/c1-11-6-7-13(10-14(11)16)12(2)19-15(17-3)18-8-5-9-22(4,20)21;/h6-7,10,12H,5,8-9H2,1-4H3,(H2,17,18,19);1H. The smallest absolute Gasteiger partial charge is 0.191 e. The molecule has 0 aliphatic rings. The molecule has 0 radical (unpaired) electrons. The molecule has 0 aliphatic carbocycles. The van der Waals surface area contributed by atoms with Crippen LogP contribution >= 0.6 is 24.0 Å². The quantitative estimate of drug-likeness (QED) is 0.298. The summed E-state index contributed by atoms with van der Waals surface area (Å²) in [7, 11) is -1.31. The first kappa shape index (κ1) is 22.1. The molecule has 0 aromatic heterocycles. The highest BCUT2D eigenvalue weighted by atomic mass is 127. The minimum absolute atomic E-state index is 0. The van der Waals surface area contributed by atoms with Crippen molar-refractivity contribution in [2.45, 2.75) is 26.3 Å². The van der Waals surface area contributed by atoms with Crippen molar-refractivity contribution in [3.05, 3.63) is 35.1 Å². The molecule has 0 aliphatic heterocycles. The van der Waals surface area contributed by atoms with Crippen LogP contribution < -0.4 is 10.6 Å². The minimum Gasteiger partial charge on any atom is -0.356 e. The maximum Gasteiger partial charge on any atom is 0.191 e. The molecule has 8 heteroatoms. The van der Waals surface area contributed by atoms with Gasteiger partial charge in [-0.15, -0.1) is 24.0 Å². The van der Waals surface area contributed by atoms with Gasteiger partial charge in [0.15, 0.2) is 5.96 Å². The Balaban J connectivity index is 0.00000484. The molecule has 1 aromatic carbocycles. The van der Waals surface area contributed by atoms with Crippen molar-refractivity contribution >= 4 is 39.8 Å². The number of guanidine groups is 1. The Labute approximate surface area is 155 Å². The van der Waals surface area contributed by atoms with E-state index in [9.17, 15) is 12.8 Å². The van der Waals surface area contributed by atoms with Crippen LogP contribution in [0.15, 0.2) is 23.2 Å². The summed E-state index contributed by atoms with van der Waals surface area (Å²) >= 11 is 0. The van der Waals surface area contributed by atoms with E-state index in [1.54, 1.807) is 20.0 Å². The van der Waals surface area contributed by atoms with E-state index in [0.717, 1.165) is 5.56 Å². The second kappa shape index (κ2) is 10.1. The third kappa shape index (κ3) is 8.50. The average molecular weight is 457 g/mol. The van der Waals surface area contributed by atoms with Gasteiger partial charge < -0.3 is 10.6 Å². The Kier molecular flexibility index (Phi) is 9.67. The summed E-state index contributed by atoms with van der Waals surface area (Å²) in [5.41, 5.74) is 1.43. The number of hydrogen-bond acceptors (Lipinski definition) is 3. The van der Waals surface area contributed by atoms with Gasteiger partial charge in [-0.05, 0) is 37.5 Å². The van der Waals surface area contributed by atoms with Gasteiger partial charge in [-0.25, -0.2) is 12.8 Å². The number of halogens is 2. The molecule has 0 fully saturated rings. The maximum absolute atomic E-state index is 13.6. The lowest BCUT2D eigenvalue weighted by Gasteiger charge is -2.18. The van der Waals surface area contributed by atoms with Crippen LogP contribution in [0.2, 0.25) is 0 Å². The predicted molar refractivity (Wildman–Crippen MR) is 104 cm³/mol. The van der Waals surface area contributed by atoms with Crippen LogP contribution in [-0.2, 0) is 9.84 Å². The second-order valence-electron chi connectivity index (χ2n) is 5.36. The van der Waals surface area contributed by atoms with E-state index in [2.05, 4.69) is 15.6 Å². The fourth-order valence-corrected chi connectivity index (χ4v) is 2.57. The number of hydrogen-bond donors (Lipinski definition) is 2. The SMILES string of the molecule is CN=C(NCCCS(C)(=O)=O)NC(C)c1ccc(C)c(F)c1.I. The lowest BCUT2D eigenvalue weighted by atomic mass is 10.1. The number of sulfone groups is 1. The predicted octanol–water partition coefficient (Wildman–Crippen LogP) is 2.41. The van der Waals surface area contributed by atoms with Gasteiger partial charge in [0.25, 0.3) is 0 Å². The highest BCUT2D eigenvalue weighted by molar-refractivity contribution is 14.0. The first-order valence-electron chi connectivity index (χ1n) is 7.14. The number of benzene rings is 1. The van der Waals surface area contributed by atoms with Gasteiger partial charge in [-0.3, -0.25) is 4.99 Å². The molecule has 0 saturated heterocycles. The molecular weight excluding hydrogens is 432 g/mol. The molecule has 132 valence electrons. The molecule has 2 N–H and O–H groups in total. The van der Waals surface area contributed by atoms with Crippen LogP contribution in [0.1, 0.15) is 30.5 Å². The van der Waals surface area contributed by atoms with Crippen LogP contribution in [0.4, 0.5) is 4.39 Å². The lowest BCUT2D eigenvalue weighted by molar-refractivity contribution is 0.597. The Morgan fingerprint density at radius 2 is 2.04 bits per heavy atom. The van der Waals surface area contributed by atoms with Crippen molar-refractivity contribution in [3.63, 3.8) is 0 Å². The number of nitrogens with one attached hydrogen (secondary N) is 2. The fourth-order valence-electron chi connectivity index (χ4n) is 1.90. The summed E-state index contributed by atoms with van der Waals surface area (Å²) in [4.78, 5) is 4.08. The molecule has 1 atom stereocenters. The van der Waals surface area contributed by atoms with Gasteiger partial charge >= 0.3 is 0 Å². The molecule has 0 bridgehead atoms. The first-order chi connectivity index (χ1) is 10.2. The summed E-state index contributed by atoms with van der Waals surface area (Å²) in [5.74, 6) is 0.458. The van der Waals surface area contributed by atoms with Gasteiger partial charge in [0, 0.05) is 19.8 Å². The van der Waals surface area contributed by atoms with Crippen LogP contribution in [0, 0.1) is 12.7 Å². The molecule has 0 heterocycles. The number of aryl methyl sites for hydroxylation is 1. The zero-order valence-corrected chi connectivity index (χ0v) is 17.0. The summed E-state index contributed by atoms with van der Waals surface area (Å²) < 4.78 is 35.7. The van der Waals surface area contributed by atoms with Crippen LogP contribution in [0.3, 0.4) is 0 Å². The molecule has 0 amide bonds. The zero-order chi connectivity index (χ0) is 16.8. The third-order valence-corrected chi connectivity index (χ3v) is 4.29. The lowest BCUT2D eigenvalue weighted by Crippen LogP contribution is -2.39. The largest absolute Gasteiger partial charge is 0.356 e. The summed E-state index contributed by atoms with van der Waals surface area (Å²) in [5, 5.41) is 6.20. The van der Waals surface area contributed by atoms with E-state index in [1.165, 1.54) is 12.3 Å². The van der Waals surface area contributed by atoms with Crippen LogP contribution in [0.25, 0.3) is 0 Å². The van der Waals surface area contributed by atoms with Gasteiger partial charge in [0.05, 0.1) is 11.8 Å². The van der Waals surface area contributed by atoms with E-state index in [-0.39, 0.29) is 41.6 Å². The highest BCUT2D eigenvalue weighted by Gasteiger charge is 2.10. The average Bonchev–Trinajstić information content (AvgIpc) is 2.43. The van der Waals surface area contributed by atoms with Crippen LogP contribution in [0.5, 0.6) is 0 Å². The van der Waals surface area contributed by atoms with Crippen LogP contribution in [-0.4, -0.2) is 40.0 Å². The van der Waals surface area contributed by atoms with E-state index < -0.39 is 9.84 Å². The van der Waals surface area contributed by atoms with E-state index in [1.807, 2.05) is 13.0 Å². The molecule has 1 aromatic rings. The number of rotatable bonds is 6. The van der Waals surface area contributed by atoms with E-state index in [4.69, 9.17) is 0 Å². The maximum atomic E-state index is 13.6. The van der Waals surface area contributed by atoms with Crippen molar-refractivity contribution in [2.24, 2.45) is 4.99 Å². The van der Waals surface area contributed by atoms with Crippen molar-refractivity contribution in [1.29, 1.82) is 0 Å². The van der Waals surface area contributed by atoms with Gasteiger partial charge in [-0.2, -0.15) is 0 Å².